The fourth-order valence-electron chi connectivity index (χ4n) is 1.34. The van der Waals surface area contributed by atoms with E-state index in [9.17, 15) is 17.6 Å². The molecule has 1 amide bonds. The molecule has 1 aromatic rings. The molecule has 0 aliphatic rings. The Morgan fingerprint density at radius 3 is 2.30 bits per heavy atom. The number of rotatable bonds is 4. The smallest absolute Gasteiger partial charge is 0.264 e. The van der Waals surface area contributed by atoms with Crippen molar-refractivity contribution in [1.29, 1.82) is 0 Å². The van der Waals surface area contributed by atoms with Crippen molar-refractivity contribution in [1.82, 2.24) is 5.32 Å². The van der Waals surface area contributed by atoms with Gasteiger partial charge in [0.25, 0.3) is 15.0 Å². The molecule has 0 heterocycles. The number of halogens is 3. The molecule has 8 heteroatoms. The van der Waals surface area contributed by atoms with Crippen LogP contribution in [-0.4, -0.2) is 20.4 Å². The predicted octanol–water partition coefficient (Wildman–Crippen LogP) is 3.18. The van der Waals surface area contributed by atoms with Gasteiger partial charge in [0.15, 0.2) is 0 Å². The summed E-state index contributed by atoms with van der Waals surface area (Å²) in [5.41, 5.74) is -0.139. The van der Waals surface area contributed by atoms with Crippen molar-refractivity contribution in [3.63, 3.8) is 0 Å². The van der Waals surface area contributed by atoms with Crippen molar-refractivity contribution < 1.29 is 17.6 Å². The Labute approximate surface area is 126 Å². The molecule has 112 valence electrons. The number of carbonyl (C=O) groups is 1. The van der Waals surface area contributed by atoms with E-state index in [1.165, 1.54) is 0 Å². The lowest BCUT2D eigenvalue weighted by molar-refractivity contribution is 0.0930. The van der Waals surface area contributed by atoms with Crippen LogP contribution in [0.1, 0.15) is 31.1 Å². The van der Waals surface area contributed by atoms with E-state index in [4.69, 9.17) is 22.3 Å². The summed E-state index contributed by atoms with van der Waals surface area (Å²) in [5.74, 6) is -1.51. The maximum absolute atomic E-state index is 13.5. The molecular formula is C12H14Cl2FNO3S. The molecule has 0 radical (unpaired) electrons. The Hall–Kier alpha value is -0.850. The topological polar surface area (TPSA) is 63.2 Å². The van der Waals surface area contributed by atoms with Crippen LogP contribution >= 0.6 is 22.3 Å². The van der Waals surface area contributed by atoms with E-state index in [0.29, 0.717) is 0 Å². The number of benzene rings is 1. The molecule has 0 aliphatic carbocycles. The summed E-state index contributed by atoms with van der Waals surface area (Å²) in [6, 6.07) is 1.44. The zero-order valence-corrected chi connectivity index (χ0v) is 13.4. The molecule has 0 spiro atoms. The van der Waals surface area contributed by atoms with Gasteiger partial charge >= 0.3 is 0 Å². The molecule has 4 nitrogen and oxygen atoms in total. The summed E-state index contributed by atoms with van der Waals surface area (Å²) in [6.45, 7) is 5.61. The van der Waals surface area contributed by atoms with Crippen LogP contribution in [0.25, 0.3) is 0 Å². The third-order valence-electron chi connectivity index (χ3n) is 2.89. The lowest BCUT2D eigenvalue weighted by atomic mass is 10.1. The largest absolute Gasteiger partial charge is 0.349 e. The minimum atomic E-state index is -4.29. The Morgan fingerprint density at radius 2 is 1.85 bits per heavy atom. The molecule has 20 heavy (non-hydrogen) atoms. The summed E-state index contributed by atoms with van der Waals surface area (Å²) >= 11 is 5.77. The third kappa shape index (κ3) is 4.07. The van der Waals surface area contributed by atoms with E-state index in [1.807, 2.05) is 13.8 Å². The van der Waals surface area contributed by atoms with Crippen LogP contribution in [0.2, 0.25) is 5.02 Å². The van der Waals surface area contributed by atoms with Gasteiger partial charge in [-0.2, -0.15) is 0 Å². The van der Waals surface area contributed by atoms with Gasteiger partial charge in [-0.25, -0.2) is 12.8 Å². The van der Waals surface area contributed by atoms with E-state index in [2.05, 4.69) is 5.32 Å². The molecular weight excluding hydrogens is 328 g/mol. The van der Waals surface area contributed by atoms with Crippen molar-refractivity contribution in [2.75, 3.05) is 0 Å². The zero-order valence-electron chi connectivity index (χ0n) is 11.1. The Morgan fingerprint density at radius 1 is 1.30 bits per heavy atom. The molecule has 0 aromatic heterocycles. The van der Waals surface area contributed by atoms with Crippen molar-refractivity contribution in [3.05, 3.63) is 28.5 Å². The van der Waals surface area contributed by atoms with Crippen LogP contribution in [0.4, 0.5) is 4.39 Å². The number of amides is 1. The van der Waals surface area contributed by atoms with Crippen molar-refractivity contribution in [2.45, 2.75) is 31.7 Å². The molecule has 0 saturated carbocycles. The van der Waals surface area contributed by atoms with Gasteiger partial charge in [-0.1, -0.05) is 25.4 Å². The lowest BCUT2D eigenvalue weighted by Gasteiger charge is -2.18. The second kappa shape index (κ2) is 6.28. The molecule has 1 unspecified atom stereocenters. The van der Waals surface area contributed by atoms with E-state index >= 15 is 0 Å². The second-order valence-corrected chi connectivity index (χ2v) is 7.65. The van der Waals surface area contributed by atoms with Crippen molar-refractivity contribution in [3.8, 4) is 0 Å². The standard InChI is InChI=1S/C12H14Cl2FNO3S/c1-6(2)7(3)16-12(17)8-4-11(20(14,18)19)10(15)5-9(8)13/h4-7H,1-3H3,(H,16,17). The maximum atomic E-state index is 13.5. The van der Waals surface area contributed by atoms with Gasteiger partial charge in [0, 0.05) is 16.7 Å². The van der Waals surface area contributed by atoms with Crippen LogP contribution in [0.5, 0.6) is 0 Å². The summed E-state index contributed by atoms with van der Waals surface area (Å²) in [7, 11) is 0.814. The van der Waals surface area contributed by atoms with Crippen LogP contribution in [-0.2, 0) is 9.05 Å². The average molecular weight is 342 g/mol. The van der Waals surface area contributed by atoms with Gasteiger partial charge in [-0.05, 0) is 25.0 Å². The Bertz CT molecular complexity index is 632. The minimum absolute atomic E-state index is 0.139. The average Bonchev–Trinajstić information content (AvgIpc) is 2.26. The highest BCUT2D eigenvalue weighted by Crippen LogP contribution is 2.26. The molecule has 1 N–H and O–H groups in total. The highest BCUT2D eigenvalue weighted by molar-refractivity contribution is 8.13. The summed E-state index contributed by atoms with van der Waals surface area (Å²) in [5, 5.41) is 2.47. The fraction of sp³-hybridized carbons (Fsp3) is 0.417. The minimum Gasteiger partial charge on any atom is -0.349 e. The summed E-state index contributed by atoms with van der Waals surface area (Å²) in [6.07, 6.45) is 0. The predicted molar refractivity (Wildman–Crippen MR) is 76.2 cm³/mol. The molecule has 0 bridgehead atoms. The highest BCUT2D eigenvalue weighted by atomic mass is 35.7. The fourth-order valence-corrected chi connectivity index (χ4v) is 2.48. The second-order valence-electron chi connectivity index (χ2n) is 4.71. The quantitative estimate of drug-likeness (QED) is 0.855. The first kappa shape index (κ1) is 17.2. The van der Waals surface area contributed by atoms with Gasteiger partial charge in [0.2, 0.25) is 0 Å². The van der Waals surface area contributed by atoms with Crippen LogP contribution in [0, 0.1) is 11.7 Å². The first-order valence-electron chi connectivity index (χ1n) is 5.78. The van der Waals surface area contributed by atoms with Gasteiger partial charge in [-0.3, -0.25) is 4.79 Å². The molecule has 1 rings (SSSR count). The van der Waals surface area contributed by atoms with Gasteiger partial charge in [-0.15, -0.1) is 0 Å². The Balaban J connectivity index is 3.22. The van der Waals surface area contributed by atoms with E-state index < -0.39 is 25.7 Å². The van der Waals surface area contributed by atoms with E-state index in [-0.39, 0.29) is 22.5 Å². The zero-order chi connectivity index (χ0) is 15.7. The number of hydrogen-bond acceptors (Lipinski definition) is 3. The lowest BCUT2D eigenvalue weighted by Crippen LogP contribution is -2.36. The number of nitrogens with one attached hydrogen (secondary N) is 1. The number of hydrogen-bond donors (Lipinski definition) is 1. The monoisotopic (exact) mass is 341 g/mol. The highest BCUT2D eigenvalue weighted by Gasteiger charge is 2.23. The van der Waals surface area contributed by atoms with Gasteiger partial charge < -0.3 is 5.32 Å². The Kier molecular flexibility index (Phi) is 5.40. The molecule has 1 aromatic carbocycles. The first-order valence-corrected chi connectivity index (χ1v) is 8.47. The van der Waals surface area contributed by atoms with Gasteiger partial charge in [0.05, 0.1) is 10.6 Å². The van der Waals surface area contributed by atoms with Crippen LogP contribution in [0.3, 0.4) is 0 Å². The third-order valence-corrected chi connectivity index (χ3v) is 4.54. The molecule has 0 aliphatic heterocycles. The van der Waals surface area contributed by atoms with E-state index in [1.54, 1.807) is 6.92 Å². The van der Waals surface area contributed by atoms with Crippen LogP contribution < -0.4 is 5.32 Å². The SMILES string of the molecule is CC(C)C(C)NC(=O)c1cc(S(=O)(=O)Cl)c(F)cc1Cl. The van der Waals surface area contributed by atoms with Crippen molar-refractivity contribution in [2.24, 2.45) is 5.92 Å². The summed E-state index contributed by atoms with van der Waals surface area (Å²) in [4.78, 5) is 11.2. The molecule has 0 fully saturated rings. The van der Waals surface area contributed by atoms with Crippen molar-refractivity contribution >= 4 is 37.2 Å². The molecule has 1 atom stereocenters. The maximum Gasteiger partial charge on any atom is 0.264 e. The van der Waals surface area contributed by atoms with E-state index in [0.717, 1.165) is 12.1 Å². The van der Waals surface area contributed by atoms with Crippen LogP contribution in [0.15, 0.2) is 17.0 Å². The van der Waals surface area contributed by atoms with Gasteiger partial charge in [0.1, 0.15) is 10.7 Å². The normalized spacial score (nSPS) is 13.3. The number of carbonyl (C=O) groups excluding carboxylic acids is 1. The molecule has 0 saturated heterocycles. The summed E-state index contributed by atoms with van der Waals surface area (Å²) < 4.78 is 35.9. The first-order chi connectivity index (χ1) is 9.04.